The van der Waals surface area contributed by atoms with Crippen LogP contribution >= 0.6 is 27.3 Å². The van der Waals surface area contributed by atoms with Gasteiger partial charge in [0, 0.05) is 10.9 Å². The van der Waals surface area contributed by atoms with Gasteiger partial charge in [-0.1, -0.05) is 13.8 Å². The Morgan fingerprint density at radius 1 is 1.38 bits per heavy atom. The molecule has 0 aliphatic rings. The average Bonchev–Trinajstić information content (AvgIpc) is 2.54. The van der Waals surface area contributed by atoms with Crippen molar-refractivity contribution in [2.24, 2.45) is 0 Å². The van der Waals surface area contributed by atoms with Crippen LogP contribution in [0.1, 0.15) is 31.7 Å². The Bertz CT molecular complexity index is 255. The second-order valence-electron chi connectivity index (χ2n) is 3.04. The van der Waals surface area contributed by atoms with Crippen molar-refractivity contribution >= 4 is 27.3 Å². The number of nitrogens with zero attached hydrogens (tertiary/aromatic N) is 1. The van der Waals surface area contributed by atoms with E-state index in [2.05, 4.69) is 53.7 Å². The molecule has 1 aromatic rings. The van der Waals surface area contributed by atoms with Crippen LogP contribution in [0.5, 0.6) is 0 Å². The summed E-state index contributed by atoms with van der Waals surface area (Å²) in [6.07, 6.45) is 0. The van der Waals surface area contributed by atoms with Gasteiger partial charge in [-0.15, -0.1) is 11.3 Å². The van der Waals surface area contributed by atoms with E-state index in [1.54, 1.807) is 0 Å². The second-order valence-corrected chi connectivity index (χ2v) is 5.53. The first-order valence-corrected chi connectivity index (χ1v) is 6.29. The zero-order chi connectivity index (χ0) is 9.84. The monoisotopic (exact) mass is 261 g/mol. The topological polar surface area (TPSA) is 3.24 Å². The van der Waals surface area contributed by atoms with Crippen LogP contribution in [0.15, 0.2) is 15.9 Å². The van der Waals surface area contributed by atoms with Gasteiger partial charge in [-0.25, -0.2) is 0 Å². The minimum absolute atomic E-state index is 0.547. The quantitative estimate of drug-likeness (QED) is 0.795. The molecular formula is C10H16BrNS. The highest BCUT2D eigenvalue weighted by Crippen LogP contribution is 2.30. The lowest BCUT2D eigenvalue weighted by molar-refractivity contribution is 0.237. The highest BCUT2D eigenvalue weighted by Gasteiger charge is 2.13. The third kappa shape index (κ3) is 2.79. The molecule has 0 saturated heterocycles. The lowest BCUT2D eigenvalue weighted by atomic mass is 10.2. The van der Waals surface area contributed by atoms with E-state index in [0.29, 0.717) is 6.04 Å². The smallest absolute Gasteiger partial charge is 0.0701 e. The summed E-state index contributed by atoms with van der Waals surface area (Å²) >= 11 is 5.32. The van der Waals surface area contributed by atoms with Crippen LogP contribution in [0.4, 0.5) is 0 Å². The lowest BCUT2D eigenvalue weighted by Crippen LogP contribution is -2.25. The summed E-state index contributed by atoms with van der Waals surface area (Å²) in [5.74, 6) is 0. The Labute approximate surface area is 92.9 Å². The van der Waals surface area contributed by atoms with Crippen molar-refractivity contribution in [2.75, 3.05) is 13.1 Å². The molecule has 1 atom stereocenters. The van der Waals surface area contributed by atoms with Crippen LogP contribution < -0.4 is 0 Å². The minimum atomic E-state index is 0.547. The molecule has 0 spiro atoms. The Morgan fingerprint density at radius 3 is 2.38 bits per heavy atom. The molecule has 0 aliphatic heterocycles. The van der Waals surface area contributed by atoms with Crippen molar-refractivity contribution in [3.05, 3.63) is 20.8 Å². The third-order valence-corrected chi connectivity index (χ3v) is 4.16. The van der Waals surface area contributed by atoms with E-state index < -0.39 is 0 Å². The Balaban J connectivity index is 2.71. The molecule has 0 saturated carbocycles. The van der Waals surface area contributed by atoms with E-state index in [1.165, 1.54) is 8.66 Å². The first kappa shape index (κ1) is 11.2. The van der Waals surface area contributed by atoms with Crippen molar-refractivity contribution < 1.29 is 0 Å². The summed E-state index contributed by atoms with van der Waals surface area (Å²) in [6, 6.07) is 4.88. The van der Waals surface area contributed by atoms with Crippen LogP contribution in [-0.2, 0) is 0 Å². The SMILES string of the molecule is CCN(CC)C(C)c1ccc(Br)s1. The van der Waals surface area contributed by atoms with Gasteiger partial charge in [0.25, 0.3) is 0 Å². The van der Waals surface area contributed by atoms with E-state index in [1.807, 2.05) is 11.3 Å². The number of halogens is 1. The third-order valence-electron chi connectivity index (χ3n) is 2.37. The van der Waals surface area contributed by atoms with Gasteiger partial charge in [0.2, 0.25) is 0 Å². The summed E-state index contributed by atoms with van der Waals surface area (Å²) in [6.45, 7) is 8.93. The average molecular weight is 262 g/mol. The largest absolute Gasteiger partial charge is 0.296 e. The highest BCUT2D eigenvalue weighted by molar-refractivity contribution is 9.11. The Kier molecular flexibility index (Phi) is 4.42. The van der Waals surface area contributed by atoms with Crippen molar-refractivity contribution in [1.29, 1.82) is 0 Å². The fraction of sp³-hybridized carbons (Fsp3) is 0.600. The highest BCUT2D eigenvalue weighted by atomic mass is 79.9. The molecule has 3 heteroatoms. The molecule has 0 aliphatic carbocycles. The Morgan fingerprint density at radius 2 is 2.00 bits per heavy atom. The predicted octanol–water partition coefficient (Wildman–Crippen LogP) is 3.91. The molecule has 0 radical (unpaired) electrons. The second kappa shape index (κ2) is 5.13. The summed E-state index contributed by atoms with van der Waals surface area (Å²) in [7, 11) is 0. The zero-order valence-corrected chi connectivity index (χ0v) is 10.8. The van der Waals surface area contributed by atoms with E-state index in [-0.39, 0.29) is 0 Å². The first-order valence-electron chi connectivity index (χ1n) is 4.68. The van der Waals surface area contributed by atoms with Crippen LogP contribution in [0.25, 0.3) is 0 Å². The maximum absolute atomic E-state index is 3.49. The maximum atomic E-state index is 3.49. The molecule has 1 rings (SSSR count). The first-order chi connectivity index (χ1) is 6.19. The normalized spacial score (nSPS) is 13.6. The molecule has 0 aromatic carbocycles. The predicted molar refractivity (Wildman–Crippen MR) is 63.4 cm³/mol. The van der Waals surface area contributed by atoms with Crippen LogP contribution in [0, 0.1) is 0 Å². The minimum Gasteiger partial charge on any atom is -0.296 e. The van der Waals surface area contributed by atoms with Gasteiger partial charge in [-0.3, -0.25) is 4.90 Å². The van der Waals surface area contributed by atoms with Crippen molar-refractivity contribution in [3.8, 4) is 0 Å². The molecule has 1 aromatic heterocycles. The molecule has 13 heavy (non-hydrogen) atoms. The van der Waals surface area contributed by atoms with E-state index in [9.17, 15) is 0 Å². The van der Waals surface area contributed by atoms with Gasteiger partial charge in [-0.2, -0.15) is 0 Å². The number of hydrogen-bond donors (Lipinski definition) is 0. The number of hydrogen-bond acceptors (Lipinski definition) is 2. The van der Waals surface area contributed by atoms with E-state index in [0.717, 1.165) is 13.1 Å². The maximum Gasteiger partial charge on any atom is 0.0701 e. The zero-order valence-electron chi connectivity index (χ0n) is 8.38. The molecule has 1 nitrogen and oxygen atoms in total. The summed E-state index contributed by atoms with van der Waals surface area (Å²) in [5.41, 5.74) is 0. The van der Waals surface area contributed by atoms with Crippen molar-refractivity contribution in [1.82, 2.24) is 4.90 Å². The van der Waals surface area contributed by atoms with Gasteiger partial charge in [0.05, 0.1) is 3.79 Å². The number of rotatable bonds is 4. The van der Waals surface area contributed by atoms with Crippen molar-refractivity contribution in [2.45, 2.75) is 26.8 Å². The van der Waals surface area contributed by atoms with Crippen LogP contribution in [0.2, 0.25) is 0 Å². The molecule has 1 heterocycles. The van der Waals surface area contributed by atoms with Gasteiger partial charge in [0.15, 0.2) is 0 Å². The lowest BCUT2D eigenvalue weighted by Gasteiger charge is -2.25. The molecule has 0 amide bonds. The molecule has 1 unspecified atom stereocenters. The molecule has 0 bridgehead atoms. The van der Waals surface area contributed by atoms with E-state index >= 15 is 0 Å². The molecule has 0 fully saturated rings. The molecule has 74 valence electrons. The summed E-state index contributed by atoms with van der Waals surface area (Å²) in [5, 5.41) is 0. The fourth-order valence-corrected chi connectivity index (χ4v) is 3.01. The van der Waals surface area contributed by atoms with Crippen LogP contribution in [0.3, 0.4) is 0 Å². The van der Waals surface area contributed by atoms with E-state index in [4.69, 9.17) is 0 Å². The van der Waals surface area contributed by atoms with Crippen molar-refractivity contribution in [3.63, 3.8) is 0 Å². The van der Waals surface area contributed by atoms with Gasteiger partial charge >= 0.3 is 0 Å². The summed E-state index contributed by atoms with van der Waals surface area (Å²) < 4.78 is 1.22. The van der Waals surface area contributed by atoms with Gasteiger partial charge in [0.1, 0.15) is 0 Å². The Hall–Kier alpha value is 0.140. The van der Waals surface area contributed by atoms with Gasteiger partial charge in [-0.05, 0) is 48.1 Å². The molecular weight excluding hydrogens is 246 g/mol. The van der Waals surface area contributed by atoms with Gasteiger partial charge < -0.3 is 0 Å². The summed E-state index contributed by atoms with van der Waals surface area (Å²) in [4.78, 5) is 3.90. The molecule has 0 N–H and O–H groups in total. The standard InChI is InChI=1S/C10H16BrNS/c1-4-12(5-2)8(3)9-6-7-10(11)13-9/h6-8H,4-5H2,1-3H3. The van der Waals surface area contributed by atoms with Crippen LogP contribution in [-0.4, -0.2) is 18.0 Å². The fourth-order valence-electron chi connectivity index (χ4n) is 1.50. The number of thiophene rings is 1.